The van der Waals surface area contributed by atoms with Crippen molar-refractivity contribution >= 4 is 11.6 Å². The van der Waals surface area contributed by atoms with E-state index in [2.05, 4.69) is 47.4 Å². The van der Waals surface area contributed by atoms with Crippen molar-refractivity contribution in [1.29, 1.82) is 0 Å². The molecule has 26 heavy (non-hydrogen) atoms. The van der Waals surface area contributed by atoms with E-state index in [0.29, 0.717) is 5.95 Å². The van der Waals surface area contributed by atoms with Gasteiger partial charge < -0.3 is 5.32 Å². The molecule has 1 N–H and O–H groups in total. The number of nitro groups is 1. The molecule has 4 rings (SSSR count). The molecular formula is C19H19N5O2. The number of fused-ring (bicyclic) bond motifs is 1. The van der Waals surface area contributed by atoms with Crippen LogP contribution in [0.2, 0.25) is 0 Å². The van der Waals surface area contributed by atoms with Gasteiger partial charge in [-0.25, -0.2) is 4.68 Å². The number of hydrogen-bond acceptors (Lipinski definition) is 5. The summed E-state index contributed by atoms with van der Waals surface area (Å²) < 4.78 is 1.80. The lowest BCUT2D eigenvalue weighted by Gasteiger charge is -2.32. The summed E-state index contributed by atoms with van der Waals surface area (Å²) in [5.74, 6) is 0.677. The SMILES string of the molecule is Cc1ccc([C@H]2C[C@@H](c3cccc([N+](=O)[O-])c3)n3ncnc3N2)cc1C. The van der Waals surface area contributed by atoms with Gasteiger partial charge in [-0.2, -0.15) is 10.1 Å². The lowest BCUT2D eigenvalue weighted by molar-refractivity contribution is -0.384. The van der Waals surface area contributed by atoms with E-state index in [0.717, 1.165) is 12.0 Å². The Labute approximate surface area is 150 Å². The van der Waals surface area contributed by atoms with Crippen LogP contribution in [0.15, 0.2) is 48.8 Å². The van der Waals surface area contributed by atoms with Gasteiger partial charge in [0.25, 0.3) is 5.69 Å². The molecule has 0 fully saturated rings. The van der Waals surface area contributed by atoms with Crippen LogP contribution in [0.4, 0.5) is 11.6 Å². The van der Waals surface area contributed by atoms with Crippen LogP contribution < -0.4 is 5.32 Å². The zero-order chi connectivity index (χ0) is 18.3. The van der Waals surface area contributed by atoms with Gasteiger partial charge in [-0.15, -0.1) is 0 Å². The van der Waals surface area contributed by atoms with Crippen molar-refractivity contribution in [3.63, 3.8) is 0 Å². The number of anilines is 1. The Kier molecular flexibility index (Phi) is 3.91. The molecule has 0 radical (unpaired) electrons. The number of benzene rings is 2. The molecule has 1 aliphatic rings. The monoisotopic (exact) mass is 349 g/mol. The number of hydrogen-bond donors (Lipinski definition) is 1. The maximum atomic E-state index is 11.1. The Morgan fingerprint density at radius 2 is 2.00 bits per heavy atom. The summed E-state index contributed by atoms with van der Waals surface area (Å²) in [5.41, 5.74) is 4.62. The summed E-state index contributed by atoms with van der Waals surface area (Å²) in [4.78, 5) is 15.1. The average Bonchev–Trinajstić information content (AvgIpc) is 3.12. The molecule has 7 heteroatoms. The summed E-state index contributed by atoms with van der Waals surface area (Å²) in [6, 6.07) is 13.1. The number of aromatic nitrogens is 3. The van der Waals surface area contributed by atoms with Gasteiger partial charge in [0.05, 0.1) is 17.0 Å². The van der Waals surface area contributed by atoms with Crippen LogP contribution in [0.5, 0.6) is 0 Å². The third-order valence-electron chi connectivity index (χ3n) is 5.03. The predicted octanol–water partition coefficient (Wildman–Crippen LogP) is 3.95. The van der Waals surface area contributed by atoms with Crippen molar-refractivity contribution in [2.24, 2.45) is 0 Å². The van der Waals surface area contributed by atoms with Gasteiger partial charge in [0.1, 0.15) is 6.33 Å². The highest BCUT2D eigenvalue weighted by Gasteiger charge is 2.30. The van der Waals surface area contributed by atoms with Gasteiger partial charge in [0, 0.05) is 12.1 Å². The predicted molar refractivity (Wildman–Crippen MR) is 98.2 cm³/mol. The lowest BCUT2D eigenvalue weighted by atomic mass is 9.92. The molecular weight excluding hydrogens is 330 g/mol. The maximum absolute atomic E-state index is 11.1. The molecule has 0 spiro atoms. The molecule has 132 valence electrons. The fraction of sp³-hybridized carbons (Fsp3) is 0.263. The van der Waals surface area contributed by atoms with E-state index in [9.17, 15) is 10.1 Å². The minimum absolute atomic E-state index is 0.0651. The zero-order valence-corrected chi connectivity index (χ0v) is 14.6. The van der Waals surface area contributed by atoms with Gasteiger partial charge in [0.15, 0.2) is 0 Å². The first-order valence-corrected chi connectivity index (χ1v) is 8.50. The molecule has 0 saturated heterocycles. The van der Waals surface area contributed by atoms with Crippen molar-refractivity contribution in [1.82, 2.24) is 14.8 Å². The fourth-order valence-electron chi connectivity index (χ4n) is 3.44. The van der Waals surface area contributed by atoms with Gasteiger partial charge in [-0.1, -0.05) is 30.3 Å². The second kappa shape index (κ2) is 6.25. The van der Waals surface area contributed by atoms with Gasteiger partial charge >= 0.3 is 0 Å². The van der Waals surface area contributed by atoms with Crippen LogP contribution in [-0.2, 0) is 0 Å². The van der Waals surface area contributed by atoms with E-state index in [1.54, 1.807) is 16.8 Å². The van der Waals surface area contributed by atoms with E-state index < -0.39 is 0 Å². The number of nitrogens with zero attached hydrogens (tertiary/aromatic N) is 4. The van der Waals surface area contributed by atoms with Crippen molar-refractivity contribution in [3.05, 3.63) is 81.2 Å². The fourth-order valence-corrected chi connectivity index (χ4v) is 3.44. The number of rotatable bonds is 3. The third-order valence-corrected chi connectivity index (χ3v) is 5.03. The Morgan fingerprint density at radius 3 is 2.77 bits per heavy atom. The van der Waals surface area contributed by atoms with E-state index >= 15 is 0 Å². The standard InChI is InChI=1S/C19H19N5O2/c1-12-6-7-14(8-13(12)2)17-10-18(23-19(22-17)20-11-21-23)15-4-3-5-16(9-15)24(25)26/h3-9,11,17-18H,10H2,1-2H3,(H,20,21,22)/t17-,18+/m1/s1. The van der Waals surface area contributed by atoms with Crippen LogP contribution in [0.1, 0.15) is 40.8 Å². The maximum Gasteiger partial charge on any atom is 0.269 e. The molecule has 0 amide bonds. The normalized spacial score (nSPS) is 18.8. The van der Waals surface area contributed by atoms with E-state index in [-0.39, 0.29) is 22.7 Å². The molecule has 0 saturated carbocycles. The highest BCUT2D eigenvalue weighted by molar-refractivity contribution is 5.42. The van der Waals surface area contributed by atoms with Crippen LogP contribution in [0.3, 0.4) is 0 Å². The average molecular weight is 349 g/mol. The van der Waals surface area contributed by atoms with E-state index in [1.165, 1.54) is 29.1 Å². The quantitative estimate of drug-likeness (QED) is 0.571. The summed E-state index contributed by atoms with van der Waals surface area (Å²) in [7, 11) is 0. The van der Waals surface area contributed by atoms with Crippen molar-refractivity contribution < 1.29 is 4.92 Å². The van der Waals surface area contributed by atoms with Crippen molar-refractivity contribution in [3.8, 4) is 0 Å². The highest BCUT2D eigenvalue weighted by Crippen LogP contribution is 2.38. The number of non-ortho nitro benzene ring substituents is 1. The molecule has 2 atom stereocenters. The zero-order valence-electron chi connectivity index (χ0n) is 14.6. The highest BCUT2D eigenvalue weighted by atomic mass is 16.6. The summed E-state index contributed by atoms with van der Waals surface area (Å²) in [6.07, 6.45) is 2.25. The topological polar surface area (TPSA) is 85.9 Å². The Balaban J connectivity index is 1.74. The molecule has 2 aromatic carbocycles. The molecule has 7 nitrogen and oxygen atoms in total. The third kappa shape index (κ3) is 2.81. The second-order valence-electron chi connectivity index (χ2n) is 6.67. The first kappa shape index (κ1) is 16.3. The molecule has 1 aromatic heterocycles. The number of nitrogens with one attached hydrogen (secondary N) is 1. The van der Waals surface area contributed by atoms with Crippen LogP contribution in [0, 0.1) is 24.0 Å². The smallest absolute Gasteiger partial charge is 0.269 e. The molecule has 0 bridgehead atoms. The summed E-state index contributed by atoms with van der Waals surface area (Å²) in [5, 5.41) is 18.9. The minimum Gasteiger partial charge on any atom is -0.348 e. The van der Waals surface area contributed by atoms with Gasteiger partial charge in [-0.05, 0) is 42.5 Å². The van der Waals surface area contributed by atoms with Crippen LogP contribution in [-0.4, -0.2) is 19.7 Å². The van der Waals surface area contributed by atoms with Crippen molar-refractivity contribution in [2.75, 3.05) is 5.32 Å². The molecule has 1 aliphatic heterocycles. The van der Waals surface area contributed by atoms with E-state index in [1.807, 2.05) is 6.07 Å². The number of nitro benzene ring substituents is 1. The Bertz CT molecular complexity index is 982. The van der Waals surface area contributed by atoms with Crippen LogP contribution in [0.25, 0.3) is 0 Å². The Morgan fingerprint density at radius 1 is 1.15 bits per heavy atom. The van der Waals surface area contributed by atoms with Crippen LogP contribution >= 0.6 is 0 Å². The van der Waals surface area contributed by atoms with E-state index in [4.69, 9.17) is 0 Å². The summed E-state index contributed by atoms with van der Waals surface area (Å²) >= 11 is 0. The summed E-state index contributed by atoms with van der Waals surface area (Å²) in [6.45, 7) is 4.19. The lowest BCUT2D eigenvalue weighted by Crippen LogP contribution is -2.28. The molecule has 3 aromatic rings. The molecule has 0 unspecified atom stereocenters. The molecule has 2 heterocycles. The minimum atomic E-state index is -0.367. The Hall–Kier alpha value is -3.22. The first-order chi connectivity index (χ1) is 12.5. The van der Waals surface area contributed by atoms with Gasteiger partial charge in [-0.3, -0.25) is 10.1 Å². The van der Waals surface area contributed by atoms with Crippen molar-refractivity contribution in [2.45, 2.75) is 32.4 Å². The second-order valence-corrected chi connectivity index (χ2v) is 6.67. The number of aryl methyl sites for hydroxylation is 2. The molecule has 0 aliphatic carbocycles. The largest absolute Gasteiger partial charge is 0.348 e. The van der Waals surface area contributed by atoms with Gasteiger partial charge in [0.2, 0.25) is 5.95 Å². The first-order valence-electron chi connectivity index (χ1n) is 8.50.